The zero-order valence-electron chi connectivity index (χ0n) is 12.8. The molecule has 7 heteroatoms. The van der Waals surface area contributed by atoms with Crippen molar-refractivity contribution in [2.45, 2.75) is 62.9 Å². The number of hydrogen-bond donors (Lipinski definition) is 1. The number of aromatic amines is 1. The van der Waals surface area contributed by atoms with Gasteiger partial charge in [-0.05, 0) is 26.2 Å². The Hall–Kier alpha value is -1.24. The van der Waals surface area contributed by atoms with E-state index in [0.717, 1.165) is 32.4 Å². The largest absolute Gasteiger partial charge is 0.343 e. The van der Waals surface area contributed by atoms with Gasteiger partial charge < -0.3 is 4.90 Å². The number of thioether (sulfide) groups is 1. The molecule has 1 atom stereocenters. The van der Waals surface area contributed by atoms with Gasteiger partial charge in [-0.1, -0.05) is 31.5 Å². The average Bonchev–Trinajstić information content (AvgIpc) is 2.72. The van der Waals surface area contributed by atoms with Crippen molar-refractivity contribution in [2.75, 3.05) is 13.1 Å². The maximum Gasteiger partial charge on any atom is 0.343 e. The molecule has 0 unspecified atom stereocenters. The van der Waals surface area contributed by atoms with Gasteiger partial charge in [0, 0.05) is 19.6 Å². The Morgan fingerprint density at radius 1 is 1.33 bits per heavy atom. The van der Waals surface area contributed by atoms with Crippen LogP contribution in [0.4, 0.5) is 0 Å². The molecule has 6 nitrogen and oxygen atoms in total. The number of likely N-dealkylation sites (tertiary alicyclic amines) is 1. The third-order valence-electron chi connectivity index (χ3n) is 3.72. The number of nitrogens with zero attached hydrogens (tertiary/aromatic N) is 3. The Kier molecular flexibility index (Phi) is 5.90. The van der Waals surface area contributed by atoms with Gasteiger partial charge in [0.2, 0.25) is 5.91 Å². The van der Waals surface area contributed by atoms with Crippen LogP contribution in [-0.4, -0.2) is 43.9 Å². The highest BCUT2D eigenvalue weighted by Gasteiger charge is 2.24. The van der Waals surface area contributed by atoms with Gasteiger partial charge in [-0.2, -0.15) is 0 Å². The van der Waals surface area contributed by atoms with Gasteiger partial charge in [0.25, 0.3) is 0 Å². The lowest BCUT2D eigenvalue weighted by Crippen LogP contribution is -2.37. The molecule has 0 spiro atoms. The predicted molar refractivity (Wildman–Crippen MR) is 83.5 cm³/mol. The highest BCUT2D eigenvalue weighted by atomic mass is 32.2. The maximum atomic E-state index is 12.5. The summed E-state index contributed by atoms with van der Waals surface area (Å²) in [5.74, 6) is 0.153. The molecule has 1 aromatic heterocycles. The summed E-state index contributed by atoms with van der Waals surface area (Å²) in [4.78, 5) is 26.1. The van der Waals surface area contributed by atoms with E-state index in [-0.39, 0.29) is 16.8 Å². The minimum absolute atomic E-state index is 0.153. The normalized spacial score (nSPS) is 17.5. The summed E-state index contributed by atoms with van der Waals surface area (Å²) in [5, 5.41) is 6.90. The first-order valence-electron chi connectivity index (χ1n) is 7.74. The fourth-order valence-electron chi connectivity index (χ4n) is 2.57. The molecule has 0 aliphatic carbocycles. The summed E-state index contributed by atoms with van der Waals surface area (Å²) in [6.07, 6.45) is 5.46. The number of carbonyl (C=O) groups excluding carboxylic acids is 1. The van der Waals surface area contributed by atoms with E-state index < -0.39 is 0 Å². The Labute approximate surface area is 129 Å². The molecule has 1 N–H and O–H groups in total. The minimum atomic E-state index is -0.214. The molecule has 0 saturated carbocycles. The summed E-state index contributed by atoms with van der Waals surface area (Å²) in [7, 11) is 0. The van der Waals surface area contributed by atoms with Crippen LogP contribution in [0.15, 0.2) is 9.95 Å². The second-order valence-corrected chi connectivity index (χ2v) is 6.77. The summed E-state index contributed by atoms with van der Waals surface area (Å²) >= 11 is 1.37. The lowest BCUT2D eigenvalue weighted by Gasteiger charge is -2.23. The molecule has 0 bridgehead atoms. The maximum absolute atomic E-state index is 12.5. The molecular formula is C14H24N4O2S. The van der Waals surface area contributed by atoms with Gasteiger partial charge in [-0.25, -0.2) is 9.89 Å². The Balaban J connectivity index is 2.01. The summed E-state index contributed by atoms with van der Waals surface area (Å²) < 4.78 is 1.61. The van der Waals surface area contributed by atoms with Crippen molar-refractivity contribution in [3.8, 4) is 0 Å². The molecule has 1 aromatic rings. The molecule has 1 aliphatic heterocycles. The zero-order valence-corrected chi connectivity index (χ0v) is 13.6. The highest BCUT2D eigenvalue weighted by Crippen LogP contribution is 2.23. The van der Waals surface area contributed by atoms with E-state index in [1.54, 1.807) is 4.57 Å². The lowest BCUT2D eigenvalue weighted by atomic mass is 10.2. The zero-order chi connectivity index (χ0) is 15.2. The van der Waals surface area contributed by atoms with E-state index in [1.165, 1.54) is 24.6 Å². The van der Waals surface area contributed by atoms with E-state index in [9.17, 15) is 9.59 Å². The van der Waals surface area contributed by atoms with E-state index in [2.05, 4.69) is 10.2 Å². The van der Waals surface area contributed by atoms with Gasteiger partial charge in [-0.15, -0.1) is 5.10 Å². The van der Waals surface area contributed by atoms with Crippen LogP contribution in [0.5, 0.6) is 0 Å². The van der Waals surface area contributed by atoms with Gasteiger partial charge in [0.1, 0.15) is 0 Å². The van der Waals surface area contributed by atoms with Gasteiger partial charge in [0.05, 0.1) is 5.25 Å². The van der Waals surface area contributed by atoms with E-state index in [1.807, 2.05) is 18.7 Å². The number of aromatic nitrogens is 3. The fourth-order valence-corrected chi connectivity index (χ4v) is 3.54. The molecule has 0 aromatic carbocycles. The minimum Gasteiger partial charge on any atom is -0.342 e. The van der Waals surface area contributed by atoms with Crippen LogP contribution in [-0.2, 0) is 11.3 Å². The number of carbonyl (C=O) groups is 1. The van der Waals surface area contributed by atoms with Crippen LogP contribution < -0.4 is 5.69 Å². The van der Waals surface area contributed by atoms with Crippen LogP contribution in [0, 0.1) is 0 Å². The van der Waals surface area contributed by atoms with Crippen LogP contribution >= 0.6 is 11.8 Å². The number of nitrogens with one attached hydrogen (secondary N) is 1. The predicted octanol–water partition coefficient (Wildman–Crippen LogP) is 1.86. The molecule has 1 amide bonds. The molecule has 2 heterocycles. The first kappa shape index (κ1) is 16.1. The topological polar surface area (TPSA) is 71.0 Å². The van der Waals surface area contributed by atoms with Crippen molar-refractivity contribution in [1.82, 2.24) is 19.7 Å². The quantitative estimate of drug-likeness (QED) is 0.843. The second-order valence-electron chi connectivity index (χ2n) is 5.46. The molecular weight excluding hydrogens is 288 g/mol. The standard InChI is InChI=1S/C14H24N4O2S/c1-3-8-18-13(20)15-16-14(18)21-11(2)12(19)17-9-6-4-5-7-10-17/h11H,3-10H2,1-2H3,(H,15,20)/t11-/m1/s1. The highest BCUT2D eigenvalue weighted by molar-refractivity contribution is 8.00. The third kappa shape index (κ3) is 4.12. The second kappa shape index (κ2) is 7.68. The summed E-state index contributed by atoms with van der Waals surface area (Å²) in [6.45, 7) is 6.24. The Bertz CT molecular complexity index is 517. The fraction of sp³-hybridized carbons (Fsp3) is 0.786. The van der Waals surface area contributed by atoms with Crippen LogP contribution in [0.2, 0.25) is 0 Å². The smallest absolute Gasteiger partial charge is 0.342 e. The molecule has 1 saturated heterocycles. The van der Waals surface area contributed by atoms with Crippen molar-refractivity contribution < 1.29 is 4.79 Å². The summed E-state index contributed by atoms with van der Waals surface area (Å²) in [6, 6.07) is 0. The van der Waals surface area contributed by atoms with E-state index in [0.29, 0.717) is 11.7 Å². The summed E-state index contributed by atoms with van der Waals surface area (Å²) in [5.41, 5.74) is -0.200. The molecule has 118 valence electrons. The van der Waals surface area contributed by atoms with Crippen molar-refractivity contribution in [3.63, 3.8) is 0 Å². The van der Waals surface area contributed by atoms with Crippen LogP contribution in [0.3, 0.4) is 0 Å². The number of amides is 1. The first-order valence-corrected chi connectivity index (χ1v) is 8.62. The van der Waals surface area contributed by atoms with Gasteiger partial charge in [-0.3, -0.25) is 9.36 Å². The van der Waals surface area contributed by atoms with Gasteiger partial charge in [0.15, 0.2) is 5.16 Å². The van der Waals surface area contributed by atoms with Crippen molar-refractivity contribution >= 4 is 17.7 Å². The lowest BCUT2D eigenvalue weighted by molar-refractivity contribution is -0.130. The first-order chi connectivity index (χ1) is 10.1. The number of H-pyrrole nitrogens is 1. The SMILES string of the molecule is CCCn1c(S[C@H](C)C(=O)N2CCCCCC2)n[nH]c1=O. The molecule has 1 aliphatic rings. The molecule has 1 fully saturated rings. The van der Waals surface area contributed by atoms with Crippen LogP contribution in [0.25, 0.3) is 0 Å². The van der Waals surface area contributed by atoms with Crippen molar-refractivity contribution in [1.29, 1.82) is 0 Å². The number of hydrogen-bond acceptors (Lipinski definition) is 4. The Morgan fingerprint density at radius 2 is 2.00 bits per heavy atom. The van der Waals surface area contributed by atoms with E-state index in [4.69, 9.17) is 0 Å². The van der Waals surface area contributed by atoms with Crippen molar-refractivity contribution in [2.24, 2.45) is 0 Å². The van der Waals surface area contributed by atoms with Crippen LogP contribution in [0.1, 0.15) is 46.0 Å². The van der Waals surface area contributed by atoms with Gasteiger partial charge >= 0.3 is 5.69 Å². The molecule has 0 radical (unpaired) electrons. The monoisotopic (exact) mass is 312 g/mol. The molecule has 2 rings (SSSR count). The molecule has 21 heavy (non-hydrogen) atoms. The van der Waals surface area contributed by atoms with Crippen molar-refractivity contribution in [3.05, 3.63) is 10.5 Å². The third-order valence-corrected chi connectivity index (χ3v) is 4.80. The number of rotatable bonds is 5. The average molecular weight is 312 g/mol. The Morgan fingerprint density at radius 3 is 2.62 bits per heavy atom. The van der Waals surface area contributed by atoms with E-state index >= 15 is 0 Å².